The second-order valence-electron chi connectivity index (χ2n) is 9.19. The Kier molecular flexibility index (Phi) is 5.50. The van der Waals surface area contributed by atoms with E-state index in [0.717, 1.165) is 66.5 Å². The van der Waals surface area contributed by atoms with Gasteiger partial charge in [-0.1, -0.05) is 30.8 Å². The quantitative estimate of drug-likeness (QED) is 0.618. The first-order valence-corrected chi connectivity index (χ1v) is 11.6. The van der Waals surface area contributed by atoms with Crippen molar-refractivity contribution in [3.8, 4) is 0 Å². The van der Waals surface area contributed by atoms with Crippen molar-refractivity contribution in [2.75, 3.05) is 13.1 Å². The number of nitrogens with zero attached hydrogens (tertiary/aromatic N) is 5. The van der Waals surface area contributed by atoms with Gasteiger partial charge in [-0.2, -0.15) is 0 Å². The van der Waals surface area contributed by atoms with Crippen LogP contribution in [0.15, 0.2) is 22.9 Å². The van der Waals surface area contributed by atoms with Crippen molar-refractivity contribution in [1.82, 2.24) is 24.6 Å². The number of aromatic nitrogens is 4. The molecule has 1 amide bonds. The Bertz CT molecular complexity index is 1050. The Morgan fingerprint density at radius 2 is 1.94 bits per heavy atom. The SMILES string of the molecule is Cc1noc(C)c1CC(=O)N1CCC(n2c(CC3CCCC3)nc3cccnc32)CC1. The molecule has 0 aromatic carbocycles. The highest BCUT2D eigenvalue weighted by Gasteiger charge is 2.29. The van der Waals surface area contributed by atoms with Gasteiger partial charge in [-0.3, -0.25) is 4.79 Å². The summed E-state index contributed by atoms with van der Waals surface area (Å²) in [6, 6.07) is 4.38. The Labute approximate surface area is 182 Å². The second kappa shape index (κ2) is 8.44. The number of pyridine rings is 1. The van der Waals surface area contributed by atoms with Crippen molar-refractivity contribution in [3.05, 3.63) is 41.2 Å². The van der Waals surface area contributed by atoms with Gasteiger partial charge in [0.1, 0.15) is 17.1 Å². The van der Waals surface area contributed by atoms with Crippen LogP contribution in [0.25, 0.3) is 11.2 Å². The normalized spacial score (nSPS) is 18.3. The molecule has 164 valence electrons. The number of piperidine rings is 1. The molecule has 0 spiro atoms. The molecule has 0 atom stereocenters. The van der Waals surface area contributed by atoms with Crippen LogP contribution in [0.3, 0.4) is 0 Å². The van der Waals surface area contributed by atoms with E-state index < -0.39 is 0 Å². The van der Waals surface area contributed by atoms with E-state index in [9.17, 15) is 4.79 Å². The van der Waals surface area contributed by atoms with E-state index in [1.165, 1.54) is 31.5 Å². The van der Waals surface area contributed by atoms with Crippen LogP contribution >= 0.6 is 0 Å². The van der Waals surface area contributed by atoms with Crippen molar-refractivity contribution in [2.45, 2.75) is 71.3 Å². The molecule has 0 unspecified atom stereocenters. The van der Waals surface area contributed by atoms with E-state index in [1.54, 1.807) is 0 Å². The fraction of sp³-hybridized carbons (Fsp3) is 0.583. The van der Waals surface area contributed by atoms with Gasteiger partial charge in [0.15, 0.2) is 5.65 Å². The first-order chi connectivity index (χ1) is 15.1. The lowest BCUT2D eigenvalue weighted by atomic mass is 10.0. The summed E-state index contributed by atoms with van der Waals surface area (Å²) in [4.78, 5) is 24.5. The van der Waals surface area contributed by atoms with Crippen LogP contribution in [0, 0.1) is 19.8 Å². The monoisotopic (exact) mass is 421 g/mol. The third-order valence-corrected chi connectivity index (χ3v) is 7.16. The average molecular weight is 422 g/mol. The van der Waals surface area contributed by atoms with Crippen LogP contribution < -0.4 is 0 Å². The lowest BCUT2D eigenvalue weighted by molar-refractivity contribution is -0.131. The molecule has 1 saturated carbocycles. The number of carbonyl (C=O) groups excluding carboxylic acids is 1. The zero-order valence-electron chi connectivity index (χ0n) is 18.5. The molecule has 7 heteroatoms. The zero-order valence-corrected chi connectivity index (χ0v) is 18.5. The largest absolute Gasteiger partial charge is 0.361 e. The fourth-order valence-electron chi connectivity index (χ4n) is 5.37. The van der Waals surface area contributed by atoms with E-state index in [1.807, 2.05) is 31.0 Å². The highest BCUT2D eigenvalue weighted by Crippen LogP contribution is 2.33. The van der Waals surface area contributed by atoms with Crippen molar-refractivity contribution in [1.29, 1.82) is 0 Å². The first-order valence-electron chi connectivity index (χ1n) is 11.6. The fourth-order valence-corrected chi connectivity index (χ4v) is 5.37. The Hall–Kier alpha value is -2.70. The number of carbonyl (C=O) groups is 1. The number of imidazole rings is 1. The van der Waals surface area contributed by atoms with E-state index in [-0.39, 0.29) is 5.91 Å². The standard InChI is InChI=1S/C24H31N5O2/c1-16-20(17(2)31-27-16)15-23(30)28-12-9-19(10-13-28)29-22(14-18-6-3-4-7-18)26-21-8-5-11-25-24(21)29/h5,8,11,18-19H,3-4,6-7,9-10,12-15H2,1-2H3. The summed E-state index contributed by atoms with van der Waals surface area (Å²) >= 11 is 0. The van der Waals surface area contributed by atoms with Crippen molar-refractivity contribution >= 4 is 17.1 Å². The molecule has 1 saturated heterocycles. The van der Waals surface area contributed by atoms with Gasteiger partial charge in [-0.15, -0.1) is 0 Å². The maximum atomic E-state index is 12.9. The third kappa shape index (κ3) is 3.98. The Morgan fingerprint density at radius 3 is 2.65 bits per heavy atom. The lowest BCUT2D eigenvalue weighted by Crippen LogP contribution is -2.40. The smallest absolute Gasteiger partial charge is 0.227 e. The molecule has 1 aliphatic heterocycles. The number of hydrogen-bond acceptors (Lipinski definition) is 5. The number of fused-ring (bicyclic) bond motifs is 1. The number of likely N-dealkylation sites (tertiary alicyclic amines) is 1. The Morgan fingerprint density at radius 1 is 1.16 bits per heavy atom. The van der Waals surface area contributed by atoms with Gasteiger partial charge in [-0.05, 0) is 44.7 Å². The van der Waals surface area contributed by atoms with Gasteiger partial charge in [0.25, 0.3) is 0 Å². The molecule has 0 radical (unpaired) electrons. The molecular weight excluding hydrogens is 390 g/mol. The number of rotatable bonds is 5. The number of aryl methyl sites for hydroxylation is 2. The van der Waals surface area contributed by atoms with Gasteiger partial charge < -0.3 is 14.0 Å². The molecule has 1 aliphatic carbocycles. The predicted octanol–water partition coefficient (Wildman–Crippen LogP) is 4.18. The van der Waals surface area contributed by atoms with E-state index in [4.69, 9.17) is 9.51 Å². The highest BCUT2D eigenvalue weighted by atomic mass is 16.5. The maximum Gasteiger partial charge on any atom is 0.227 e. The van der Waals surface area contributed by atoms with Gasteiger partial charge in [0.05, 0.1) is 12.1 Å². The minimum Gasteiger partial charge on any atom is -0.361 e. The predicted molar refractivity (Wildman–Crippen MR) is 118 cm³/mol. The molecule has 2 fully saturated rings. The molecule has 3 aromatic heterocycles. The zero-order chi connectivity index (χ0) is 21.4. The van der Waals surface area contributed by atoms with Crippen LogP contribution in [0.2, 0.25) is 0 Å². The molecule has 5 rings (SSSR count). The summed E-state index contributed by atoms with van der Waals surface area (Å²) in [5, 5.41) is 3.98. The molecule has 0 bridgehead atoms. The third-order valence-electron chi connectivity index (χ3n) is 7.16. The van der Waals surface area contributed by atoms with Crippen molar-refractivity contribution in [2.24, 2.45) is 5.92 Å². The van der Waals surface area contributed by atoms with E-state index in [0.29, 0.717) is 12.5 Å². The summed E-state index contributed by atoms with van der Waals surface area (Å²) < 4.78 is 7.61. The molecule has 7 nitrogen and oxygen atoms in total. The molecular formula is C24H31N5O2. The van der Waals surface area contributed by atoms with Gasteiger partial charge >= 0.3 is 0 Å². The summed E-state index contributed by atoms with van der Waals surface area (Å²) in [5.41, 5.74) is 3.73. The number of amides is 1. The van der Waals surface area contributed by atoms with Crippen molar-refractivity contribution in [3.63, 3.8) is 0 Å². The summed E-state index contributed by atoms with van der Waals surface area (Å²) in [6.45, 7) is 5.30. The molecule has 2 aliphatic rings. The summed E-state index contributed by atoms with van der Waals surface area (Å²) in [6.07, 6.45) is 10.5. The van der Waals surface area contributed by atoms with Crippen LogP contribution in [0.1, 0.15) is 67.4 Å². The summed E-state index contributed by atoms with van der Waals surface area (Å²) in [5.74, 6) is 2.83. The van der Waals surface area contributed by atoms with E-state index in [2.05, 4.69) is 20.8 Å². The molecule has 0 N–H and O–H groups in total. The maximum absolute atomic E-state index is 12.9. The van der Waals surface area contributed by atoms with Gasteiger partial charge in [-0.25, -0.2) is 9.97 Å². The topological polar surface area (TPSA) is 77.0 Å². The van der Waals surface area contributed by atoms with Crippen LogP contribution in [-0.4, -0.2) is 43.6 Å². The molecule has 31 heavy (non-hydrogen) atoms. The molecule has 4 heterocycles. The average Bonchev–Trinajstić information content (AvgIpc) is 3.50. The van der Waals surface area contributed by atoms with Crippen LogP contribution in [0.4, 0.5) is 0 Å². The van der Waals surface area contributed by atoms with Gasteiger partial charge in [0.2, 0.25) is 5.91 Å². The van der Waals surface area contributed by atoms with Crippen molar-refractivity contribution < 1.29 is 9.32 Å². The van der Waals surface area contributed by atoms with E-state index >= 15 is 0 Å². The Balaban J connectivity index is 1.31. The first kappa shape index (κ1) is 20.2. The minimum absolute atomic E-state index is 0.160. The van der Waals surface area contributed by atoms with Crippen LogP contribution in [-0.2, 0) is 17.6 Å². The minimum atomic E-state index is 0.160. The highest BCUT2D eigenvalue weighted by molar-refractivity contribution is 5.79. The van der Waals surface area contributed by atoms with Crippen LogP contribution in [0.5, 0.6) is 0 Å². The van der Waals surface area contributed by atoms with Gasteiger partial charge in [0, 0.05) is 37.3 Å². The molecule has 3 aromatic rings. The lowest BCUT2D eigenvalue weighted by Gasteiger charge is -2.33. The second-order valence-corrected chi connectivity index (χ2v) is 9.19. The summed E-state index contributed by atoms with van der Waals surface area (Å²) in [7, 11) is 0. The number of hydrogen-bond donors (Lipinski definition) is 0.